The van der Waals surface area contributed by atoms with Gasteiger partial charge in [-0.1, -0.05) is 13.8 Å². The molecule has 2 bridgehead atoms. The maximum Gasteiger partial charge on any atom is 0.250 e. The van der Waals surface area contributed by atoms with E-state index in [2.05, 4.69) is 10.6 Å². The summed E-state index contributed by atoms with van der Waals surface area (Å²) in [5, 5.41) is 15.3. The largest absolute Gasteiger partial charge is 0.497 e. The van der Waals surface area contributed by atoms with Crippen LogP contribution in [0.25, 0.3) is 0 Å². The first-order valence-corrected chi connectivity index (χ1v) is 12.2. The van der Waals surface area contributed by atoms with E-state index in [1.165, 1.54) is 4.90 Å². The standard InChI is InChI=1S/C25H35N3O6/c1-4-13-26-21(30)18-19-23(32)28(14-6-15-29)20(25(19)12-11-24(18,5-2)34-25)22(31)27-16-7-9-17(33-3)10-8-16/h7-10,18-20,29H,4-6,11-15H2,1-3H3,(H,26,30)(H,27,31)/t18-,19+,20?,24+,25?/m1/s1. The Balaban J connectivity index is 1.69. The van der Waals surface area contributed by atoms with Gasteiger partial charge in [0.2, 0.25) is 17.7 Å². The molecule has 0 saturated carbocycles. The molecule has 9 nitrogen and oxygen atoms in total. The number of likely N-dealkylation sites (tertiary alicyclic amines) is 1. The number of aliphatic hydroxyl groups is 1. The van der Waals surface area contributed by atoms with Gasteiger partial charge in [-0.3, -0.25) is 14.4 Å². The summed E-state index contributed by atoms with van der Waals surface area (Å²) in [5.41, 5.74) is -1.23. The third-order valence-corrected chi connectivity index (χ3v) is 7.68. The summed E-state index contributed by atoms with van der Waals surface area (Å²) in [6.07, 6.45) is 2.87. The molecule has 1 aromatic rings. The number of nitrogens with zero attached hydrogens (tertiary/aromatic N) is 1. The number of benzene rings is 1. The van der Waals surface area contributed by atoms with E-state index in [1.54, 1.807) is 31.4 Å². The maximum atomic E-state index is 13.8. The van der Waals surface area contributed by atoms with Crippen molar-refractivity contribution < 1.29 is 29.0 Å². The van der Waals surface area contributed by atoms with Crippen LogP contribution in [0.2, 0.25) is 0 Å². The lowest BCUT2D eigenvalue weighted by Gasteiger charge is -2.34. The average Bonchev–Trinajstić information content (AvgIpc) is 3.45. The minimum absolute atomic E-state index is 0.103. The molecule has 3 aliphatic rings. The van der Waals surface area contributed by atoms with Gasteiger partial charge in [-0.25, -0.2) is 0 Å². The molecule has 186 valence electrons. The number of aliphatic hydroxyl groups excluding tert-OH is 1. The molecule has 3 heterocycles. The van der Waals surface area contributed by atoms with E-state index in [4.69, 9.17) is 9.47 Å². The fourth-order valence-electron chi connectivity index (χ4n) is 6.14. The molecule has 5 atom stereocenters. The number of fused-ring (bicyclic) bond motifs is 1. The summed E-state index contributed by atoms with van der Waals surface area (Å²) >= 11 is 0. The van der Waals surface area contributed by atoms with Crippen LogP contribution in [0.4, 0.5) is 5.69 Å². The highest BCUT2D eigenvalue weighted by Gasteiger charge is 2.78. The van der Waals surface area contributed by atoms with E-state index >= 15 is 0 Å². The van der Waals surface area contributed by atoms with Crippen LogP contribution in [0.15, 0.2) is 24.3 Å². The maximum absolute atomic E-state index is 13.8. The van der Waals surface area contributed by atoms with Crippen LogP contribution in [-0.2, 0) is 19.1 Å². The third-order valence-electron chi connectivity index (χ3n) is 7.68. The van der Waals surface area contributed by atoms with Crippen LogP contribution in [0, 0.1) is 11.8 Å². The Labute approximate surface area is 200 Å². The Kier molecular flexibility index (Phi) is 6.87. The molecule has 0 aromatic heterocycles. The second-order valence-corrected chi connectivity index (χ2v) is 9.45. The zero-order valence-electron chi connectivity index (χ0n) is 20.1. The third kappa shape index (κ3) is 3.75. The van der Waals surface area contributed by atoms with Gasteiger partial charge in [0.05, 0.1) is 24.5 Å². The summed E-state index contributed by atoms with van der Waals surface area (Å²) in [4.78, 5) is 42.2. The predicted octanol–water partition coefficient (Wildman–Crippen LogP) is 1.70. The van der Waals surface area contributed by atoms with Gasteiger partial charge in [-0.15, -0.1) is 0 Å². The van der Waals surface area contributed by atoms with E-state index in [-0.39, 0.29) is 30.9 Å². The smallest absolute Gasteiger partial charge is 0.250 e. The number of anilines is 1. The number of carbonyl (C=O) groups is 3. The molecule has 3 aliphatic heterocycles. The molecule has 2 unspecified atom stereocenters. The number of ether oxygens (including phenoxy) is 2. The highest BCUT2D eigenvalue weighted by molar-refractivity contribution is 6.03. The minimum Gasteiger partial charge on any atom is -0.497 e. The Morgan fingerprint density at radius 1 is 1.21 bits per heavy atom. The highest BCUT2D eigenvalue weighted by atomic mass is 16.5. The first kappa shape index (κ1) is 24.5. The fourth-order valence-corrected chi connectivity index (χ4v) is 6.14. The van der Waals surface area contributed by atoms with Crippen molar-refractivity contribution in [3.63, 3.8) is 0 Å². The van der Waals surface area contributed by atoms with E-state index in [9.17, 15) is 19.5 Å². The molecule has 1 aromatic carbocycles. The lowest BCUT2D eigenvalue weighted by molar-refractivity contribution is -0.146. The molecule has 3 N–H and O–H groups in total. The zero-order valence-corrected chi connectivity index (χ0v) is 20.1. The van der Waals surface area contributed by atoms with Crippen LogP contribution in [0.1, 0.15) is 46.0 Å². The van der Waals surface area contributed by atoms with Crippen LogP contribution in [0.5, 0.6) is 5.75 Å². The summed E-state index contributed by atoms with van der Waals surface area (Å²) in [7, 11) is 1.57. The van der Waals surface area contributed by atoms with E-state index < -0.39 is 29.1 Å². The Morgan fingerprint density at radius 2 is 1.94 bits per heavy atom. The minimum atomic E-state index is -1.06. The van der Waals surface area contributed by atoms with Crippen LogP contribution in [-0.4, -0.2) is 71.8 Å². The van der Waals surface area contributed by atoms with Crippen molar-refractivity contribution in [1.82, 2.24) is 10.2 Å². The summed E-state index contributed by atoms with van der Waals surface area (Å²) in [5.74, 6) is -1.46. The van der Waals surface area contributed by atoms with Crippen molar-refractivity contribution in [3.05, 3.63) is 24.3 Å². The van der Waals surface area contributed by atoms with Gasteiger partial charge in [0.25, 0.3) is 0 Å². The van der Waals surface area contributed by atoms with Crippen molar-refractivity contribution >= 4 is 23.4 Å². The van der Waals surface area contributed by atoms with Crippen LogP contribution >= 0.6 is 0 Å². The second kappa shape index (κ2) is 9.54. The van der Waals surface area contributed by atoms with Crippen LogP contribution in [0.3, 0.4) is 0 Å². The predicted molar refractivity (Wildman–Crippen MR) is 125 cm³/mol. The van der Waals surface area contributed by atoms with Crippen molar-refractivity contribution in [2.45, 2.75) is 63.2 Å². The molecule has 0 radical (unpaired) electrons. The van der Waals surface area contributed by atoms with Crippen molar-refractivity contribution in [2.75, 3.05) is 32.1 Å². The quantitative estimate of drug-likeness (QED) is 0.476. The summed E-state index contributed by atoms with van der Waals surface area (Å²) < 4.78 is 11.8. The average molecular weight is 474 g/mol. The van der Waals surface area contributed by atoms with E-state index in [0.717, 1.165) is 6.42 Å². The Hall–Kier alpha value is -2.65. The number of hydrogen-bond donors (Lipinski definition) is 3. The first-order valence-electron chi connectivity index (χ1n) is 12.2. The molecule has 9 heteroatoms. The SMILES string of the molecule is CCCNC(=O)[C@H]1[C@H]2C(=O)N(CCCO)C(C(=O)Nc3ccc(OC)cc3)C23CC[C@]1(CC)O3. The number of methoxy groups -OCH3 is 1. The zero-order chi connectivity index (χ0) is 24.5. The molecular weight excluding hydrogens is 438 g/mol. The molecule has 3 fully saturated rings. The molecular formula is C25H35N3O6. The number of amides is 3. The molecule has 3 saturated heterocycles. The lowest BCUT2D eigenvalue weighted by atomic mass is 9.65. The molecule has 34 heavy (non-hydrogen) atoms. The Bertz CT molecular complexity index is 937. The summed E-state index contributed by atoms with van der Waals surface area (Å²) in [6.45, 7) is 4.60. The van der Waals surface area contributed by atoms with Gasteiger partial charge in [0.1, 0.15) is 17.4 Å². The molecule has 1 spiro atoms. The van der Waals surface area contributed by atoms with E-state index in [1.807, 2.05) is 13.8 Å². The van der Waals surface area contributed by atoms with Crippen molar-refractivity contribution in [1.29, 1.82) is 0 Å². The second-order valence-electron chi connectivity index (χ2n) is 9.45. The number of carbonyl (C=O) groups excluding carboxylic acids is 3. The van der Waals surface area contributed by atoms with Gasteiger partial charge in [0.15, 0.2) is 0 Å². The monoisotopic (exact) mass is 473 g/mol. The van der Waals surface area contributed by atoms with Crippen LogP contribution < -0.4 is 15.4 Å². The molecule has 4 rings (SSSR count). The molecule has 3 amide bonds. The van der Waals surface area contributed by atoms with E-state index in [0.29, 0.717) is 43.7 Å². The molecule has 0 aliphatic carbocycles. The van der Waals surface area contributed by atoms with Gasteiger partial charge >= 0.3 is 0 Å². The lowest BCUT2D eigenvalue weighted by Crippen LogP contribution is -2.53. The van der Waals surface area contributed by atoms with Gasteiger partial charge in [-0.2, -0.15) is 0 Å². The number of rotatable bonds is 10. The summed E-state index contributed by atoms with van der Waals surface area (Å²) in [6, 6.07) is 6.09. The number of hydrogen-bond acceptors (Lipinski definition) is 6. The van der Waals surface area contributed by atoms with Crippen molar-refractivity contribution in [2.24, 2.45) is 11.8 Å². The normalized spacial score (nSPS) is 31.5. The van der Waals surface area contributed by atoms with Gasteiger partial charge < -0.3 is 30.1 Å². The van der Waals surface area contributed by atoms with Crippen molar-refractivity contribution in [3.8, 4) is 5.75 Å². The highest BCUT2D eigenvalue weighted by Crippen LogP contribution is 2.64. The van der Waals surface area contributed by atoms with Gasteiger partial charge in [0, 0.05) is 25.4 Å². The van der Waals surface area contributed by atoms with Gasteiger partial charge in [-0.05, 0) is 56.4 Å². The Morgan fingerprint density at radius 3 is 2.56 bits per heavy atom. The fraction of sp³-hybridized carbons (Fsp3) is 0.640. The first-order chi connectivity index (χ1) is 16.4. The topological polar surface area (TPSA) is 117 Å². The number of nitrogens with one attached hydrogen (secondary N) is 2.